The van der Waals surface area contributed by atoms with Crippen LogP contribution in [0.3, 0.4) is 0 Å². The van der Waals surface area contributed by atoms with Crippen molar-refractivity contribution in [1.82, 2.24) is 4.90 Å². The molecular formula is C21H26N2O3. The molecule has 1 amide bonds. The van der Waals surface area contributed by atoms with Crippen molar-refractivity contribution in [2.24, 2.45) is 0 Å². The zero-order valence-electron chi connectivity index (χ0n) is 15.7. The monoisotopic (exact) mass is 354 g/mol. The van der Waals surface area contributed by atoms with Gasteiger partial charge in [0, 0.05) is 31.9 Å². The summed E-state index contributed by atoms with van der Waals surface area (Å²) in [4.78, 5) is 16.7. The van der Waals surface area contributed by atoms with Crippen molar-refractivity contribution >= 4 is 11.6 Å². The third-order valence-electron chi connectivity index (χ3n) is 4.97. The number of methoxy groups -OCH3 is 1. The molecule has 0 unspecified atom stereocenters. The van der Waals surface area contributed by atoms with Crippen LogP contribution in [0.4, 0.5) is 5.69 Å². The van der Waals surface area contributed by atoms with Gasteiger partial charge in [-0.25, -0.2) is 0 Å². The van der Waals surface area contributed by atoms with Crippen LogP contribution >= 0.6 is 0 Å². The first kappa shape index (κ1) is 18.1. The molecule has 5 nitrogen and oxygen atoms in total. The van der Waals surface area contributed by atoms with Crippen molar-refractivity contribution in [3.63, 3.8) is 0 Å². The molecule has 5 heteroatoms. The van der Waals surface area contributed by atoms with Gasteiger partial charge in [0.25, 0.3) is 5.91 Å². The van der Waals surface area contributed by atoms with Crippen molar-refractivity contribution in [3.8, 4) is 11.5 Å². The van der Waals surface area contributed by atoms with E-state index in [4.69, 9.17) is 9.47 Å². The highest BCUT2D eigenvalue weighted by Crippen LogP contribution is 2.26. The van der Waals surface area contributed by atoms with Crippen LogP contribution in [-0.4, -0.2) is 50.7 Å². The number of ether oxygens (including phenoxy) is 2. The van der Waals surface area contributed by atoms with Crippen LogP contribution in [-0.2, 0) is 4.79 Å². The summed E-state index contributed by atoms with van der Waals surface area (Å²) in [6, 6.07) is 13.8. The Hall–Kier alpha value is -2.69. The average Bonchev–Trinajstić information content (AvgIpc) is 2.68. The van der Waals surface area contributed by atoms with E-state index in [1.807, 2.05) is 29.2 Å². The number of carbonyl (C=O) groups is 1. The molecule has 26 heavy (non-hydrogen) atoms. The number of anilines is 1. The summed E-state index contributed by atoms with van der Waals surface area (Å²) in [5, 5.41) is 0. The lowest BCUT2D eigenvalue weighted by molar-refractivity contribution is -0.133. The first-order valence-electron chi connectivity index (χ1n) is 8.95. The fourth-order valence-corrected chi connectivity index (χ4v) is 3.24. The van der Waals surface area contributed by atoms with Crippen molar-refractivity contribution in [2.75, 3.05) is 44.8 Å². The van der Waals surface area contributed by atoms with E-state index >= 15 is 0 Å². The third kappa shape index (κ3) is 3.93. The summed E-state index contributed by atoms with van der Waals surface area (Å²) in [6.45, 7) is 7.42. The van der Waals surface area contributed by atoms with Gasteiger partial charge < -0.3 is 19.3 Å². The number of rotatable bonds is 5. The number of benzene rings is 2. The Balaban J connectivity index is 1.54. The minimum atomic E-state index is 0.0107. The molecule has 1 saturated heterocycles. The van der Waals surface area contributed by atoms with Gasteiger partial charge in [-0.15, -0.1) is 0 Å². The number of carbonyl (C=O) groups excluding carboxylic acids is 1. The number of aryl methyl sites for hydroxylation is 1. The SMILES string of the molecule is COc1ccccc1OCC(=O)N1CCN(c2cccc(C)c2C)CC1. The lowest BCUT2D eigenvalue weighted by Gasteiger charge is -2.37. The topological polar surface area (TPSA) is 42.0 Å². The van der Waals surface area contributed by atoms with Gasteiger partial charge in [0.1, 0.15) is 0 Å². The van der Waals surface area contributed by atoms with E-state index in [0.717, 1.165) is 13.1 Å². The predicted octanol–water partition coefficient (Wildman–Crippen LogP) is 3.04. The van der Waals surface area contributed by atoms with E-state index in [1.165, 1.54) is 16.8 Å². The summed E-state index contributed by atoms with van der Waals surface area (Å²) >= 11 is 0. The van der Waals surface area contributed by atoms with E-state index in [9.17, 15) is 4.79 Å². The quantitative estimate of drug-likeness (QED) is 0.828. The molecule has 0 radical (unpaired) electrons. The van der Waals surface area contributed by atoms with E-state index < -0.39 is 0 Å². The van der Waals surface area contributed by atoms with E-state index in [-0.39, 0.29) is 12.5 Å². The van der Waals surface area contributed by atoms with Gasteiger partial charge in [0.05, 0.1) is 7.11 Å². The van der Waals surface area contributed by atoms with Crippen LogP contribution in [0.25, 0.3) is 0 Å². The minimum Gasteiger partial charge on any atom is -0.493 e. The molecule has 0 bridgehead atoms. The van der Waals surface area contributed by atoms with Gasteiger partial charge >= 0.3 is 0 Å². The Kier molecular flexibility index (Phi) is 5.66. The van der Waals surface area contributed by atoms with E-state index in [0.29, 0.717) is 24.6 Å². The highest BCUT2D eigenvalue weighted by atomic mass is 16.5. The maximum Gasteiger partial charge on any atom is 0.260 e. The Bertz CT molecular complexity index is 768. The maximum absolute atomic E-state index is 12.5. The smallest absolute Gasteiger partial charge is 0.260 e. The highest BCUT2D eigenvalue weighted by molar-refractivity contribution is 5.78. The first-order chi connectivity index (χ1) is 12.6. The van der Waals surface area contributed by atoms with Crippen molar-refractivity contribution in [1.29, 1.82) is 0 Å². The standard InChI is InChI=1S/C21H26N2O3/c1-16-7-6-8-18(17(16)2)22-11-13-23(14-12-22)21(24)15-26-20-10-5-4-9-19(20)25-3/h4-10H,11-15H2,1-3H3. The average molecular weight is 354 g/mol. The fourth-order valence-electron chi connectivity index (χ4n) is 3.24. The molecule has 0 aromatic heterocycles. The largest absolute Gasteiger partial charge is 0.493 e. The van der Waals surface area contributed by atoms with Crippen molar-refractivity contribution in [2.45, 2.75) is 13.8 Å². The van der Waals surface area contributed by atoms with Crippen LogP contribution in [0.2, 0.25) is 0 Å². The molecule has 0 spiro atoms. The summed E-state index contributed by atoms with van der Waals surface area (Å²) in [6.07, 6.45) is 0. The molecule has 2 aromatic rings. The molecular weight excluding hydrogens is 328 g/mol. The summed E-state index contributed by atoms with van der Waals surface area (Å²) < 4.78 is 10.9. The van der Waals surface area contributed by atoms with Gasteiger partial charge in [-0.3, -0.25) is 4.79 Å². The molecule has 1 aliphatic rings. The minimum absolute atomic E-state index is 0.0107. The zero-order chi connectivity index (χ0) is 18.5. The number of nitrogens with zero attached hydrogens (tertiary/aromatic N) is 2. The molecule has 1 heterocycles. The number of hydrogen-bond donors (Lipinski definition) is 0. The molecule has 3 rings (SSSR count). The second-order valence-electron chi connectivity index (χ2n) is 6.53. The van der Waals surface area contributed by atoms with Crippen LogP contribution in [0.1, 0.15) is 11.1 Å². The lowest BCUT2D eigenvalue weighted by atomic mass is 10.1. The Morgan fingerprint density at radius 1 is 0.962 bits per heavy atom. The van der Waals surface area contributed by atoms with Crippen LogP contribution in [0, 0.1) is 13.8 Å². The molecule has 0 N–H and O–H groups in total. The fraction of sp³-hybridized carbons (Fsp3) is 0.381. The van der Waals surface area contributed by atoms with Gasteiger partial charge in [-0.1, -0.05) is 24.3 Å². The lowest BCUT2D eigenvalue weighted by Crippen LogP contribution is -2.50. The molecule has 0 atom stereocenters. The normalized spacial score (nSPS) is 14.3. The molecule has 138 valence electrons. The van der Waals surface area contributed by atoms with Gasteiger partial charge in [-0.2, -0.15) is 0 Å². The van der Waals surface area contributed by atoms with Gasteiger partial charge in [0.15, 0.2) is 18.1 Å². The second kappa shape index (κ2) is 8.13. The Labute approximate surface area is 155 Å². The van der Waals surface area contributed by atoms with Gasteiger partial charge in [0.2, 0.25) is 0 Å². The number of hydrogen-bond acceptors (Lipinski definition) is 4. The number of amides is 1. The summed E-state index contributed by atoms with van der Waals surface area (Å²) in [7, 11) is 1.59. The molecule has 1 aliphatic heterocycles. The van der Waals surface area contributed by atoms with Crippen LogP contribution in [0.15, 0.2) is 42.5 Å². The first-order valence-corrected chi connectivity index (χ1v) is 8.95. The maximum atomic E-state index is 12.5. The third-order valence-corrected chi connectivity index (χ3v) is 4.97. The molecule has 1 fully saturated rings. The van der Waals surface area contributed by atoms with E-state index in [1.54, 1.807) is 7.11 Å². The molecule has 0 aliphatic carbocycles. The van der Waals surface area contributed by atoms with E-state index in [2.05, 4.69) is 36.9 Å². The highest BCUT2D eigenvalue weighted by Gasteiger charge is 2.22. The van der Waals surface area contributed by atoms with Crippen molar-refractivity contribution in [3.05, 3.63) is 53.6 Å². The Morgan fingerprint density at radius 3 is 2.35 bits per heavy atom. The summed E-state index contributed by atoms with van der Waals surface area (Å²) in [5.74, 6) is 1.24. The van der Waals surface area contributed by atoms with Crippen LogP contribution < -0.4 is 14.4 Å². The second-order valence-corrected chi connectivity index (χ2v) is 6.53. The number of para-hydroxylation sites is 2. The van der Waals surface area contributed by atoms with Crippen molar-refractivity contribution < 1.29 is 14.3 Å². The predicted molar refractivity (Wildman–Crippen MR) is 103 cm³/mol. The Morgan fingerprint density at radius 2 is 1.65 bits per heavy atom. The number of piperazine rings is 1. The van der Waals surface area contributed by atoms with Gasteiger partial charge in [-0.05, 0) is 43.2 Å². The molecule has 2 aromatic carbocycles. The van der Waals surface area contributed by atoms with Crippen LogP contribution in [0.5, 0.6) is 11.5 Å². The zero-order valence-corrected chi connectivity index (χ0v) is 15.7. The molecule has 0 saturated carbocycles. The summed E-state index contributed by atoms with van der Waals surface area (Å²) in [5.41, 5.74) is 3.88.